The summed E-state index contributed by atoms with van der Waals surface area (Å²) in [4.78, 5) is 38.5. The maximum absolute atomic E-state index is 12.9. The zero-order chi connectivity index (χ0) is 29.4. The van der Waals surface area contributed by atoms with Gasteiger partial charge in [-0.15, -0.1) is 24.9 Å². The lowest BCUT2D eigenvalue weighted by Gasteiger charge is -2.34. The molecule has 1 fully saturated rings. The van der Waals surface area contributed by atoms with Gasteiger partial charge in [0.05, 0.1) is 12.1 Å². The number of aromatic nitrogens is 2. The highest BCUT2D eigenvalue weighted by atomic mass is 32.2. The summed E-state index contributed by atoms with van der Waals surface area (Å²) in [5.74, 6) is -0.0687. The minimum Gasteiger partial charge on any atom is -0.406 e. The van der Waals surface area contributed by atoms with E-state index in [1.165, 1.54) is 23.9 Å². The number of piperidine rings is 1. The van der Waals surface area contributed by atoms with Crippen LogP contribution in [0.15, 0.2) is 66.0 Å². The van der Waals surface area contributed by atoms with E-state index in [0.717, 1.165) is 43.6 Å². The van der Waals surface area contributed by atoms with E-state index >= 15 is 0 Å². The predicted octanol–water partition coefficient (Wildman–Crippen LogP) is 4.88. The molecule has 4 rings (SSSR count). The highest BCUT2D eigenvalue weighted by Crippen LogP contribution is 2.27. The van der Waals surface area contributed by atoms with Crippen LogP contribution >= 0.6 is 11.8 Å². The topological polar surface area (TPSA) is 99.7 Å². The molecule has 3 aromatic rings. The van der Waals surface area contributed by atoms with Crippen LogP contribution in [-0.2, 0) is 10.5 Å². The number of hydrogen-bond donors (Lipinski definition) is 2. The number of alkyl halides is 3. The molecule has 0 aliphatic carbocycles. The number of ether oxygens (including phenoxy) is 1. The molecule has 9 nitrogen and oxygen atoms in total. The summed E-state index contributed by atoms with van der Waals surface area (Å²) in [6.45, 7) is 2.32. The number of pyridine rings is 2. The number of nitrogens with one attached hydrogen (secondary N) is 2. The molecule has 3 heterocycles. The van der Waals surface area contributed by atoms with Crippen molar-refractivity contribution in [3.63, 3.8) is 0 Å². The van der Waals surface area contributed by atoms with Crippen LogP contribution in [0, 0.1) is 0 Å². The molecule has 0 saturated carbocycles. The van der Waals surface area contributed by atoms with Crippen molar-refractivity contribution in [3.05, 3.63) is 72.1 Å². The van der Waals surface area contributed by atoms with E-state index in [1.807, 2.05) is 13.1 Å². The van der Waals surface area contributed by atoms with E-state index in [-0.39, 0.29) is 18.2 Å². The van der Waals surface area contributed by atoms with Crippen LogP contribution in [-0.4, -0.2) is 77.7 Å². The molecule has 2 aromatic heterocycles. The molecule has 0 unspecified atom stereocenters. The predicted molar refractivity (Wildman–Crippen MR) is 151 cm³/mol. The van der Waals surface area contributed by atoms with Gasteiger partial charge in [0.15, 0.2) is 0 Å². The van der Waals surface area contributed by atoms with Gasteiger partial charge in [-0.2, -0.15) is 0 Å². The number of nitrogens with zero attached hydrogens (tertiary/aromatic N) is 4. The number of benzene rings is 1. The van der Waals surface area contributed by atoms with Gasteiger partial charge in [-0.05, 0) is 94.1 Å². The molecular weight excluding hydrogens is 557 g/mol. The number of hydrogen-bond acceptors (Lipinski definition) is 8. The van der Waals surface area contributed by atoms with Crippen LogP contribution in [0.5, 0.6) is 5.75 Å². The zero-order valence-corrected chi connectivity index (χ0v) is 23.5. The molecule has 1 saturated heterocycles. The lowest BCUT2D eigenvalue weighted by atomic mass is 10.0. The first-order valence-electron chi connectivity index (χ1n) is 12.9. The SMILES string of the molecule is CN1CCC(N(C)CC(=O)Nc2cc(CSc3ncccc3C(=O)Nc3ccc(OC(F)(F)F)cc3)ccn2)CC1. The summed E-state index contributed by atoms with van der Waals surface area (Å²) in [5.41, 5.74) is 1.49. The van der Waals surface area contributed by atoms with E-state index in [2.05, 4.69) is 42.2 Å². The molecule has 1 aromatic carbocycles. The first kappa shape index (κ1) is 30.3. The van der Waals surface area contributed by atoms with E-state index in [9.17, 15) is 22.8 Å². The summed E-state index contributed by atoms with van der Waals surface area (Å²) >= 11 is 1.34. The maximum atomic E-state index is 12.9. The van der Waals surface area contributed by atoms with Crippen molar-refractivity contribution in [2.75, 3.05) is 44.4 Å². The smallest absolute Gasteiger partial charge is 0.406 e. The Morgan fingerprint density at radius 2 is 1.80 bits per heavy atom. The highest BCUT2D eigenvalue weighted by Gasteiger charge is 2.31. The molecule has 13 heteroatoms. The van der Waals surface area contributed by atoms with Gasteiger partial charge in [-0.3, -0.25) is 14.5 Å². The van der Waals surface area contributed by atoms with Crippen LogP contribution in [0.4, 0.5) is 24.7 Å². The van der Waals surface area contributed by atoms with Crippen molar-refractivity contribution in [2.24, 2.45) is 0 Å². The van der Waals surface area contributed by atoms with Crippen molar-refractivity contribution < 1.29 is 27.5 Å². The van der Waals surface area contributed by atoms with Gasteiger partial charge in [0.25, 0.3) is 5.91 Å². The number of rotatable bonds is 10. The Labute approximate surface area is 240 Å². The number of thioether (sulfide) groups is 1. The van der Waals surface area contributed by atoms with E-state index in [1.54, 1.807) is 30.6 Å². The number of amides is 2. The van der Waals surface area contributed by atoms with Crippen LogP contribution in [0.3, 0.4) is 0 Å². The summed E-state index contributed by atoms with van der Waals surface area (Å²) in [7, 11) is 4.07. The fraction of sp³-hybridized carbons (Fsp3) is 0.357. The minimum atomic E-state index is -4.79. The number of halogens is 3. The molecule has 1 aliphatic rings. The van der Waals surface area contributed by atoms with Gasteiger partial charge < -0.3 is 20.3 Å². The van der Waals surface area contributed by atoms with Crippen LogP contribution < -0.4 is 15.4 Å². The van der Waals surface area contributed by atoms with Crippen LogP contribution in [0.2, 0.25) is 0 Å². The normalized spacial score (nSPS) is 14.6. The Morgan fingerprint density at radius 3 is 2.51 bits per heavy atom. The van der Waals surface area contributed by atoms with Gasteiger partial charge in [0.1, 0.15) is 16.6 Å². The standard InChI is InChI=1S/C28H31F3N6O3S/c1-36-14-10-21(11-15-36)37(2)17-25(38)35-24-16-19(9-13-32-24)18-41-27-23(4-3-12-33-27)26(39)34-20-5-7-22(8-6-20)40-28(29,30)31/h3-9,12-13,16,21H,10-11,14-15,17-18H2,1-2H3,(H,34,39)(H,32,35,38). The second kappa shape index (κ2) is 13.8. The molecule has 0 bridgehead atoms. The molecule has 2 N–H and O–H groups in total. The average molecular weight is 589 g/mol. The molecule has 0 atom stereocenters. The number of carbonyl (C=O) groups excluding carboxylic acids is 2. The second-order valence-electron chi connectivity index (χ2n) is 9.72. The van der Waals surface area contributed by atoms with Gasteiger partial charge in [-0.1, -0.05) is 0 Å². The van der Waals surface area contributed by atoms with Crippen molar-refractivity contribution in [3.8, 4) is 5.75 Å². The van der Waals surface area contributed by atoms with Gasteiger partial charge in [0.2, 0.25) is 5.91 Å². The fourth-order valence-electron chi connectivity index (χ4n) is 4.37. The second-order valence-corrected chi connectivity index (χ2v) is 10.7. The van der Waals surface area contributed by atoms with Crippen molar-refractivity contribution in [1.82, 2.24) is 19.8 Å². The molecule has 0 spiro atoms. The van der Waals surface area contributed by atoms with Crippen molar-refractivity contribution in [1.29, 1.82) is 0 Å². The number of carbonyl (C=O) groups is 2. The van der Waals surface area contributed by atoms with E-state index in [0.29, 0.717) is 33.9 Å². The average Bonchev–Trinajstić information content (AvgIpc) is 2.93. The highest BCUT2D eigenvalue weighted by molar-refractivity contribution is 7.98. The molecule has 2 amide bonds. The maximum Gasteiger partial charge on any atom is 0.573 e. The summed E-state index contributed by atoms with van der Waals surface area (Å²) in [5, 5.41) is 6.01. The first-order valence-corrected chi connectivity index (χ1v) is 13.9. The third-order valence-electron chi connectivity index (χ3n) is 6.53. The van der Waals surface area contributed by atoms with Crippen LogP contribution in [0.25, 0.3) is 0 Å². The summed E-state index contributed by atoms with van der Waals surface area (Å²) in [6, 6.07) is 12.1. The third kappa shape index (κ3) is 9.44. The number of likely N-dealkylation sites (tertiary alicyclic amines) is 1. The summed E-state index contributed by atoms with van der Waals surface area (Å²) < 4.78 is 41.0. The Bertz CT molecular complexity index is 1330. The number of anilines is 2. The van der Waals surface area contributed by atoms with Crippen LogP contribution in [0.1, 0.15) is 28.8 Å². The Morgan fingerprint density at radius 1 is 1.07 bits per heavy atom. The zero-order valence-electron chi connectivity index (χ0n) is 22.6. The van der Waals surface area contributed by atoms with Crippen molar-refractivity contribution in [2.45, 2.75) is 36.0 Å². The Kier molecular flexibility index (Phi) is 10.2. The summed E-state index contributed by atoms with van der Waals surface area (Å²) in [6.07, 6.45) is 0.451. The minimum absolute atomic E-state index is 0.134. The lowest BCUT2D eigenvalue weighted by Crippen LogP contribution is -2.44. The van der Waals surface area contributed by atoms with Crippen molar-refractivity contribution >= 4 is 35.1 Å². The first-order chi connectivity index (χ1) is 19.6. The molecular formula is C28H31F3N6O3S. The molecule has 218 valence electrons. The van der Waals surface area contributed by atoms with Gasteiger partial charge in [-0.25, -0.2) is 9.97 Å². The largest absolute Gasteiger partial charge is 0.573 e. The lowest BCUT2D eigenvalue weighted by molar-refractivity contribution is -0.274. The fourth-order valence-corrected chi connectivity index (χ4v) is 5.31. The van der Waals surface area contributed by atoms with Gasteiger partial charge >= 0.3 is 6.36 Å². The van der Waals surface area contributed by atoms with E-state index < -0.39 is 12.3 Å². The molecule has 0 radical (unpaired) electrons. The molecule has 1 aliphatic heterocycles. The molecule has 41 heavy (non-hydrogen) atoms. The Hall–Kier alpha value is -3.68. The third-order valence-corrected chi connectivity index (χ3v) is 7.61. The van der Waals surface area contributed by atoms with Gasteiger partial charge in [0, 0.05) is 29.9 Å². The Balaban J connectivity index is 1.32. The van der Waals surface area contributed by atoms with E-state index in [4.69, 9.17) is 0 Å². The monoisotopic (exact) mass is 588 g/mol. The quantitative estimate of drug-likeness (QED) is 0.323. The number of likely N-dealkylation sites (N-methyl/N-ethyl adjacent to an activating group) is 1.